The lowest BCUT2D eigenvalue weighted by Gasteiger charge is -2.31. The van der Waals surface area contributed by atoms with Crippen molar-refractivity contribution in [2.75, 3.05) is 11.9 Å². The van der Waals surface area contributed by atoms with Gasteiger partial charge in [-0.2, -0.15) is 0 Å². The molecule has 0 spiro atoms. The second-order valence-corrected chi connectivity index (χ2v) is 5.02. The molecule has 0 unspecified atom stereocenters. The Balaban J connectivity index is 1.74. The van der Waals surface area contributed by atoms with Gasteiger partial charge in [-0.15, -0.1) is 11.3 Å². The molecular weight excluding hydrogens is 252 g/mol. The number of hydrogen-bond donors (Lipinski definition) is 2. The van der Waals surface area contributed by atoms with Gasteiger partial charge in [-0.3, -0.25) is 0 Å². The van der Waals surface area contributed by atoms with Crippen LogP contribution in [0, 0.1) is 5.92 Å². The Labute approximate surface area is 89.3 Å². The molecule has 1 aliphatic carbocycles. The van der Waals surface area contributed by atoms with Gasteiger partial charge >= 0.3 is 0 Å². The molecule has 3 nitrogen and oxygen atoms in total. The first-order valence-corrected chi connectivity index (χ1v) is 5.94. The average Bonchev–Trinajstić information content (AvgIpc) is 2.43. The summed E-state index contributed by atoms with van der Waals surface area (Å²) in [7, 11) is 0. The van der Waals surface area contributed by atoms with Crippen LogP contribution >= 0.6 is 27.3 Å². The zero-order valence-corrected chi connectivity index (χ0v) is 9.44. The summed E-state index contributed by atoms with van der Waals surface area (Å²) < 4.78 is 0.883. The summed E-state index contributed by atoms with van der Waals surface area (Å²) >= 11 is 4.89. The second-order valence-electron chi connectivity index (χ2n) is 3.35. The molecule has 0 bridgehead atoms. The first-order valence-electron chi connectivity index (χ1n) is 4.27. The molecule has 0 aliphatic heterocycles. The molecule has 72 valence electrons. The summed E-state index contributed by atoms with van der Waals surface area (Å²) in [5, 5.41) is 15.2. The van der Waals surface area contributed by atoms with E-state index in [-0.39, 0.29) is 6.10 Å². The van der Waals surface area contributed by atoms with E-state index >= 15 is 0 Å². The Kier molecular flexibility index (Phi) is 2.86. The third-order valence-electron chi connectivity index (χ3n) is 2.23. The van der Waals surface area contributed by atoms with E-state index in [1.54, 1.807) is 11.3 Å². The first-order chi connectivity index (χ1) is 6.24. The normalized spacial score (nSPS) is 26.9. The van der Waals surface area contributed by atoms with Gasteiger partial charge in [0.25, 0.3) is 0 Å². The third kappa shape index (κ3) is 2.42. The van der Waals surface area contributed by atoms with Gasteiger partial charge in [0, 0.05) is 11.9 Å². The summed E-state index contributed by atoms with van der Waals surface area (Å²) in [5.74, 6) is 0.623. The minimum Gasteiger partial charge on any atom is -0.393 e. The number of hydrogen-bond acceptors (Lipinski definition) is 4. The molecule has 0 saturated heterocycles. The molecule has 0 radical (unpaired) electrons. The first kappa shape index (κ1) is 9.43. The highest BCUT2D eigenvalue weighted by Crippen LogP contribution is 2.28. The largest absolute Gasteiger partial charge is 0.393 e. The molecule has 1 heterocycles. The van der Waals surface area contributed by atoms with E-state index in [4.69, 9.17) is 5.11 Å². The number of nitrogens with zero attached hydrogens (tertiary/aromatic N) is 1. The Morgan fingerprint density at radius 2 is 2.46 bits per heavy atom. The van der Waals surface area contributed by atoms with Crippen LogP contribution in [-0.2, 0) is 0 Å². The van der Waals surface area contributed by atoms with Crippen molar-refractivity contribution in [2.45, 2.75) is 18.9 Å². The molecule has 5 heteroatoms. The van der Waals surface area contributed by atoms with Crippen molar-refractivity contribution >= 4 is 32.4 Å². The molecule has 1 saturated carbocycles. The van der Waals surface area contributed by atoms with E-state index in [9.17, 15) is 0 Å². The van der Waals surface area contributed by atoms with Crippen LogP contribution in [-0.4, -0.2) is 22.7 Å². The molecule has 0 atom stereocenters. The van der Waals surface area contributed by atoms with Crippen LogP contribution in [0.15, 0.2) is 9.98 Å². The molecule has 1 aliphatic rings. The maximum Gasteiger partial charge on any atom is 0.183 e. The highest BCUT2D eigenvalue weighted by molar-refractivity contribution is 9.10. The Morgan fingerprint density at radius 3 is 3.00 bits per heavy atom. The van der Waals surface area contributed by atoms with Crippen molar-refractivity contribution in [1.29, 1.82) is 0 Å². The highest BCUT2D eigenvalue weighted by Gasteiger charge is 2.26. The summed E-state index contributed by atoms with van der Waals surface area (Å²) in [6, 6.07) is 0. The quantitative estimate of drug-likeness (QED) is 0.877. The average molecular weight is 263 g/mol. The second kappa shape index (κ2) is 3.94. The molecule has 0 aromatic carbocycles. The van der Waals surface area contributed by atoms with Crippen LogP contribution in [0.2, 0.25) is 0 Å². The molecule has 2 N–H and O–H groups in total. The molecule has 1 aromatic rings. The van der Waals surface area contributed by atoms with Crippen LogP contribution in [0.3, 0.4) is 0 Å². The van der Waals surface area contributed by atoms with Gasteiger partial charge in [0.05, 0.1) is 6.10 Å². The zero-order chi connectivity index (χ0) is 9.26. The highest BCUT2D eigenvalue weighted by atomic mass is 79.9. The SMILES string of the molecule is OC1CC(CNc2nc(Br)cs2)C1. The number of thiazole rings is 1. The lowest BCUT2D eigenvalue weighted by Crippen LogP contribution is -2.33. The van der Waals surface area contributed by atoms with Gasteiger partial charge < -0.3 is 10.4 Å². The van der Waals surface area contributed by atoms with Crippen LogP contribution in [0.25, 0.3) is 0 Å². The van der Waals surface area contributed by atoms with Crippen LogP contribution in [0.5, 0.6) is 0 Å². The van der Waals surface area contributed by atoms with Crippen molar-refractivity contribution in [3.8, 4) is 0 Å². The summed E-state index contributed by atoms with van der Waals surface area (Å²) in [4.78, 5) is 4.22. The molecule has 1 fully saturated rings. The number of halogens is 1. The predicted octanol–water partition coefficient (Wildman–Crippen LogP) is 2.09. The summed E-state index contributed by atoms with van der Waals surface area (Å²) in [6.07, 6.45) is 1.80. The minimum absolute atomic E-state index is 0.0603. The van der Waals surface area contributed by atoms with Crippen LogP contribution in [0.1, 0.15) is 12.8 Å². The summed E-state index contributed by atoms with van der Waals surface area (Å²) in [5.41, 5.74) is 0. The molecule has 1 aromatic heterocycles. The van der Waals surface area contributed by atoms with Gasteiger partial charge in [0.15, 0.2) is 5.13 Å². The van der Waals surface area contributed by atoms with E-state index in [0.717, 1.165) is 29.1 Å². The number of nitrogens with one attached hydrogen (secondary N) is 1. The monoisotopic (exact) mass is 262 g/mol. The van der Waals surface area contributed by atoms with Crippen LogP contribution in [0.4, 0.5) is 5.13 Å². The molecule has 13 heavy (non-hydrogen) atoms. The standard InChI is InChI=1S/C8H11BrN2OS/c9-7-4-13-8(11-7)10-3-5-1-6(12)2-5/h4-6,12H,1-3H2,(H,10,11). The van der Waals surface area contributed by atoms with E-state index in [1.807, 2.05) is 5.38 Å². The van der Waals surface area contributed by atoms with Crippen molar-refractivity contribution < 1.29 is 5.11 Å². The Bertz CT molecular complexity index is 285. The fourth-order valence-electron chi connectivity index (χ4n) is 1.43. The van der Waals surface area contributed by atoms with Crippen LogP contribution < -0.4 is 5.32 Å². The smallest absolute Gasteiger partial charge is 0.183 e. The van der Waals surface area contributed by atoms with E-state index in [1.165, 1.54) is 0 Å². The van der Waals surface area contributed by atoms with Gasteiger partial charge in [-0.25, -0.2) is 4.98 Å². The van der Waals surface area contributed by atoms with Gasteiger partial charge in [-0.05, 0) is 34.7 Å². The lowest BCUT2D eigenvalue weighted by atomic mass is 9.82. The molecule has 2 rings (SSSR count). The molecular formula is C8H11BrN2OS. The number of anilines is 1. The zero-order valence-electron chi connectivity index (χ0n) is 7.03. The van der Waals surface area contributed by atoms with Crippen molar-refractivity contribution in [2.24, 2.45) is 5.92 Å². The minimum atomic E-state index is -0.0603. The summed E-state index contributed by atoms with van der Waals surface area (Å²) in [6.45, 7) is 0.928. The molecule has 0 amide bonds. The maximum atomic E-state index is 9.07. The predicted molar refractivity (Wildman–Crippen MR) is 57.0 cm³/mol. The maximum absolute atomic E-state index is 9.07. The van der Waals surface area contributed by atoms with Gasteiger partial charge in [0.1, 0.15) is 4.60 Å². The Morgan fingerprint density at radius 1 is 1.69 bits per heavy atom. The number of aliphatic hydroxyl groups is 1. The van der Waals surface area contributed by atoms with E-state index in [0.29, 0.717) is 5.92 Å². The number of rotatable bonds is 3. The van der Waals surface area contributed by atoms with Gasteiger partial charge in [0.2, 0.25) is 0 Å². The van der Waals surface area contributed by atoms with E-state index < -0.39 is 0 Å². The Hall–Kier alpha value is -0.130. The fraction of sp³-hybridized carbons (Fsp3) is 0.625. The topological polar surface area (TPSA) is 45.1 Å². The number of aromatic nitrogens is 1. The fourth-order valence-corrected chi connectivity index (χ4v) is 2.59. The number of aliphatic hydroxyl groups excluding tert-OH is 1. The van der Waals surface area contributed by atoms with Crippen molar-refractivity contribution in [3.63, 3.8) is 0 Å². The lowest BCUT2D eigenvalue weighted by molar-refractivity contribution is 0.0487. The van der Waals surface area contributed by atoms with Gasteiger partial charge in [-0.1, -0.05) is 0 Å². The third-order valence-corrected chi connectivity index (χ3v) is 3.74. The van der Waals surface area contributed by atoms with Crippen molar-refractivity contribution in [3.05, 3.63) is 9.98 Å². The van der Waals surface area contributed by atoms with Crippen molar-refractivity contribution in [1.82, 2.24) is 4.98 Å². The van der Waals surface area contributed by atoms with E-state index in [2.05, 4.69) is 26.2 Å².